The molecule has 0 aliphatic heterocycles. The molecule has 2 aromatic carbocycles. The number of benzene rings is 2. The monoisotopic (exact) mass is 375 g/mol. The third kappa shape index (κ3) is 3.09. The van der Waals surface area contributed by atoms with Crippen LogP contribution >= 0.6 is 11.9 Å². The van der Waals surface area contributed by atoms with Crippen molar-refractivity contribution in [1.29, 1.82) is 0 Å². The van der Waals surface area contributed by atoms with Crippen LogP contribution < -0.4 is 10.0 Å². The topological polar surface area (TPSA) is 67.2 Å². The molecule has 0 aliphatic rings. The van der Waals surface area contributed by atoms with Crippen LogP contribution in [0.5, 0.6) is 0 Å². The Bertz CT molecular complexity index is 949. The van der Waals surface area contributed by atoms with Gasteiger partial charge in [0.1, 0.15) is 4.90 Å². The van der Waals surface area contributed by atoms with Crippen LogP contribution in [0.1, 0.15) is 0 Å². The number of hydrogen-bond acceptors (Lipinski definition) is 4. The maximum Gasteiger partial charge on any atom is 0.330 e. The molecule has 0 saturated carbocycles. The molecule has 2 amide bonds. The van der Waals surface area contributed by atoms with Gasteiger partial charge in [0, 0.05) is 0 Å². The molecule has 0 spiro atoms. The van der Waals surface area contributed by atoms with Gasteiger partial charge in [0.2, 0.25) is 5.82 Å². The number of nitrogens with one attached hydrogen (secondary N) is 2. The van der Waals surface area contributed by atoms with Crippen LogP contribution in [-0.4, -0.2) is 11.2 Å². The first kappa shape index (κ1) is 17.0. The molecule has 1 aromatic heterocycles. The van der Waals surface area contributed by atoms with Crippen molar-refractivity contribution in [2.24, 2.45) is 0 Å². The minimum absolute atomic E-state index is 0.0195. The summed E-state index contributed by atoms with van der Waals surface area (Å²) < 4.78 is 72.9. The number of fused-ring (bicyclic) bond motifs is 1. The van der Waals surface area contributed by atoms with E-state index >= 15 is 0 Å². The lowest BCUT2D eigenvalue weighted by atomic mass is 10.2. The third-order valence-corrected chi connectivity index (χ3v) is 3.87. The fourth-order valence-corrected chi connectivity index (χ4v) is 2.49. The molecule has 3 rings (SSSR count). The second kappa shape index (κ2) is 6.59. The van der Waals surface area contributed by atoms with E-state index in [0.29, 0.717) is 11.0 Å². The zero-order valence-electron chi connectivity index (χ0n) is 11.9. The molecule has 0 fully saturated rings. The van der Waals surface area contributed by atoms with Gasteiger partial charge in [-0.3, -0.25) is 10.0 Å². The Morgan fingerprint density at radius 3 is 2.24 bits per heavy atom. The molecule has 0 atom stereocenters. The van der Waals surface area contributed by atoms with E-state index in [4.69, 9.17) is 4.52 Å². The van der Waals surface area contributed by atoms with Crippen LogP contribution in [-0.2, 0) is 0 Å². The number of carbonyl (C=O) groups excluding carboxylic acids is 1. The van der Waals surface area contributed by atoms with E-state index in [1.165, 1.54) is 0 Å². The van der Waals surface area contributed by atoms with E-state index in [0.717, 1.165) is 0 Å². The number of halogens is 5. The molecule has 2 N–H and O–H groups in total. The Morgan fingerprint density at radius 1 is 0.960 bits per heavy atom. The Labute approximate surface area is 140 Å². The summed E-state index contributed by atoms with van der Waals surface area (Å²) in [6.45, 7) is 0. The van der Waals surface area contributed by atoms with Crippen molar-refractivity contribution in [2.75, 3.05) is 5.32 Å². The van der Waals surface area contributed by atoms with Gasteiger partial charge in [-0.25, -0.2) is 26.7 Å². The average molecular weight is 375 g/mol. The fraction of sp³-hybridized carbons (Fsp3) is 0. The summed E-state index contributed by atoms with van der Waals surface area (Å²) in [6, 6.07) is 5.52. The SMILES string of the molecule is O=C(NSc1c(F)c(F)c(F)c(F)c1F)Nc1noc2ccccc12. The van der Waals surface area contributed by atoms with E-state index in [1.807, 2.05) is 4.72 Å². The van der Waals surface area contributed by atoms with E-state index in [2.05, 4.69) is 10.5 Å². The van der Waals surface area contributed by atoms with E-state index < -0.39 is 40.0 Å². The average Bonchev–Trinajstić information content (AvgIpc) is 3.01. The second-order valence-electron chi connectivity index (χ2n) is 4.58. The highest BCUT2D eigenvalue weighted by atomic mass is 32.2. The molecule has 0 unspecified atom stereocenters. The Morgan fingerprint density at radius 2 is 1.56 bits per heavy atom. The van der Waals surface area contributed by atoms with Gasteiger partial charge in [0.25, 0.3) is 0 Å². The van der Waals surface area contributed by atoms with Gasteiger partial charge in [-0.1, -0.05) is 17.3 Å². The molecule has 0 bridgehead atoms. The zero-order chi connectivity index (χ0) is 18.1. The van der Waals surface area contributed by atoms with Crippen molar-refractivity contribution >= 4 is 34.8 Å². The summed E-state index contributed by atoms with van der Waals surface area (Å²) in [5.41, 5.74) is 0.380. The summed E-state index contributed by atoms with van der Waals surface area (Å²) in [5, 5.41) is 6.28. The lowest BCUT2D eigenvalue weighted by Gasteiger charge is -2.08. The zero-order valence-corrected chi connectivity index (χ0v) is 12.7. The van der Waals surface area contributed by atoms with Crippen molar-refractivity contribution < 1.29 is 31.3 Å². The van der Waals surface area contributed by atoms with Gasteiger partial charge in [0.15, 0.2) is 34.7 Å². The molecule has 25 heavy (non-hydrogen) atoms. The maximum absolute atomic E-state index is 13.5. The highest BCUT2D eigenvalue weighted by molar-refractivity contribution is 7.98. The quantitative estimate of drug-likeness (QED) is 0.309. The first-order valence-electron chi connectivity index (χ1n) is 6.49. The predicted molar refractivity (Wildman–Crippen MR) is 78.3 cm³/mol. The summed E-state index contributed by atoms with van der Waals surface area (Å²) in [4.78, 5) is 10.5. The lowest BCUT2D eigenvalue weighted by molar-refractivity contribution is 0.257. The van der Waals surface area contributed by atoms with Crippen molar-refractivity contribution in [1.82, 2.24) is 9.88 Å². The van der Waals surface area contributed by atoms with Crippen molar-refractivity contribution in [3.63, 3.8) is 0 Å². The van der Waals surface area contributed by atoms with E-state index in [9.17, 15) is 26.7 Å². The molecule has 3 aromatic rings. The first-order chi connectivity index (χ1) is 11.9. The number of carbonyl (C=O) groups is 1. The lowest BCUT2D eigenvalue weighted by Crippen LogP contribution is -2.23. The Hall–Kier alpha value is -2.82. The number of nitrogens with zero attached hydrogens (tertiary/aromatic N) is 1. The van der Waals surface area contributed by atoms with Crippen LogP contribution in [0.15, 0.2) is 33.7 Å². The van der Waals surface area contributed by atoms with Crippen molar-refractivity contribution in [3.05, 3.63) is 53.4 Å². The largest absolute Gasteiger partial charge is 0.354 e. The van der Waals surface area contributed by atoms with Crippen LogP contribution in [0.2, 0.25) is 0 Å². The minimum Gasteiger partial charge on any atom is -0.354 e. The molecule has 5 nitrogen and oxygen atoms in total. The van der Waals surface area contributed by atoms with Gasteiger partial charge < -0.3 is 4.52 Å². The molecule has 11 heteroatoms. The van der Waals surface area contributed by atoms with Crippen LogP contribution in [0.4, 0.5) is 32.6 Å². The van der Waals surface area contributed by atoms with E-state index in [-0.39, 0.29) is 17.8 Å². The predicted octanol–water partition coefficient (Wildman–Crippen LogP) is 4.35. The molecular formula is C14H6F5N3O2S. The molecule has 130 valence electrons. The minimum atomic E-state index is -2.28. The third-order valence-electron chi connectivity index (χ3n) is 3.02. The van der Waals surface area contributed by atoms with Gasteiger partial charge in [0.05, 0.1) is 5.39 Å². The number of anilines is 1. The summed E-state index contributed by atoms with van der Waals surface area (Å²) in [6.07, 6.45) is 0. The number of rotatable bonds is 3. The summed E-state index contributed by atoms with van der Waals surface area (Å²) >= 11 is -0.0710. The highest BCUT2D eigenvalue weighted by Crippen LogP contribution is 2.29. The van der Waals surface area contributed by atoms with Crippen LogP contribution in [0.3, 0.4) is 0 Å². The first-order valence-corrected chi connectivity index (χ1v) is 7.31. The number of aromatic nitrogens is 1. The Kier molecular flexibility index (Phi) is 4.49. The molecule has 0 saturated heterocycles. The van der Waals surface area contributed by atoms with E-state index in [1.54, 1.807) is 24.3 Å². The number of urea groups is 1. The smallest absolute Gasteiger partial charge is 0.330 e. The highest BCUT2D eigenvalue weighted by Gasteiger charge is 2.26. The van der Waals surface area contributed by atoms with Gasteiger partial charge in [-0.2, -0.15) is 0 Å². The molecule has 1 heterocycles. The number of para-hydroxylation sites is 1. The van der Waals surface area contributed by atoms with Crippen LogP contribution in [0, 0.1) is 29.1 Å². The normalized spacial score (nSPS) is 10.9. The van der Waals surface area contributed by atoms with Gasteiger partial charge in [-0.05, 0) is 24.1 Å². The summed E-state index contributed by atoms with van der Waals surface area (Å²) in [5.74, 6) is -10.6. The molecular weight excluding hydrogens is 369 g/mol. The van der Waals surface area contributed by atoms with Crippen molar-refractivity contribution in [3.8, 4) is 0 Å². The fourth-order valence-electron chi connectivity index (χ4n) is 1.88. The van der Waals surface area contributed by atoms with Gasteiger partial charge >= 0.3 is 6.03 Å². The second-order valence-corrected chi connectivity index (χ2v) is 5.40. The standard InChI is InChI=1S/C14H6F5N3O2S/c15-7-8(16)10(18)12(11(19)9(7)17)25-22-14(23)20-13-5-3-1-2-4-6(5)24-21-13/h1-4H,(H2,20,21,22,23). The maximum atomic E-state index is 13.5. The van der Waals surface area contributed by atoms with Crippen LogP contribution in [0.25, 0.3) is 11.0 Å². The molecule has 0 aliphatic carbocycles. The van der Waals surface area contributed by atoms with Gasteiger partial charge in [-0.15, -0.1) is 0 Å². The number of amides is 2. The number of hydrogen-bond donors (Lipinski definition) is 2. The summed E-state index contributed by atoms with van der Waals surface area (Å²) in [7, 11) is 0. The van der Waals surface area contributed by atoms with Crippen molar-refractivity contribution in [2.45, 2.75) is 4.90 Å². The Balaban J connectivity index is 1.75. The molecule has 0 radical (unpaired) electrons.